The summed E-state index contributed by atoms with van der Waals surface area (Å²) in [5.41, 5.74) is 0. The molecule has 0 bridgehead atoms. The molecule has 0 heterocycles. The molecule has 0 atom stereocenters. The molecule has 0 spiro atoms. The molecule has 0 unspecified atom stereocenters. The number of rotatable bonds is 0. The summed E-state index contributed by atoms with van der Waals surface area (Å²) in [5, 5.41) is 0. The molecule has 0 aromatic rings. The lowest BCUT2D eigenvalue weighted by atomic mass is 9.90. The van der Waals surface area contributed by atoms with Gasteiger partial charge >= 0.3 is 0 Å². The molecule has 0 radical (unpaired) electrons. The highest BCUT2D eigenvalue weighted by molar-refractivity contribution is 5.03. The molecule has 1 aliphatic rings. The molecular weight excluding hydrogens is 168 g/mol. The number of hydrogen-bond acceptors (Lipinski definition) is 0. The van der Waals surface area contributed by atoms with Gasteiger partial charge in [0.2, 0.25) is 0 Å². The normalized spacial score (nSPS) is 14.9. The summed E-state index contributed by atoms with van der Waals surface area (Å²) in [7, 11) is 0. The van der Waals surface area contributed by atoms with Crippen LogP contribution >= 0.6 is 0 Å². The molecule has 1 saturated carbocycles. The molecule has 0 nitrogen and oxygen atoms in total. The van der Waals surface area contributed by atoms with Crippen LogP contribution in [-0.4, -0.2) is 0 Å². The first-order chi connectivity index (χ1) is 6.93. The summed E-state index contributed by atoms with van der Waals surface area (Å²) in [6, 6.07) is 0. The van der Waals surface area contributed by atoms with Gasteiger partial charge in [-0.05, 0) is 12.8 Å². The predicted octanol–water partition coefficient (Wildman–Crippen LogP) is 5.03. The molecule has 0 heteroatoms. The van der Waals surface area contributed by atoms with Crippen LogP contribution < -0.4 is 0 Å². The lowest BCUT2D eigenvalue weighted by Gasteiger charge is -2.15. The number of hydrogen-bond donors (Lipinski definition) is 0. The van der Waals surface area contributed by atoms with Crippen molar-refractivity contribution in [1.29, 1.82) is 0 Å². The van der Waals surface area contributed by atoms with E-state index in [1.807, 2.05) is 27.7 Å². The Bertz CT molecular complexity index is 130. The van der Waals surface area contributed by atoms with Crippen LogP contribution in [0.25, 0.3) is 0 Å². The van der Waals surface area contributed by atoms with Crippen LogP contribution in [0.2, 0.25) is 0 Å². The topological polar surface area (TPSA) is 0 Å². The van der Waals surface area contributed by atoms with Gasteiger partial charge in [0.15, 0.2) is 0 Å². The standard InChI is InChI=1S/C10H16.2C2H6/c1-2-3-7-10-8-5-4-6-9-10;2*1-2/h10H,2,4-6,8-9H2,1H3;2*1-2H3. The van der Waals surface area contributed by atoms with E-state index >= 15 is 0 Å². The van der Waals surface area contributed by atoms with Crippen molar-refractivity contribution in [3.05, 3.63) is 0 Å². The van der Waals surface area contributed by atoms with Crippen molar-refractivity contribution in [2.75, 3.05) is 0 Å². The minimum Gasteiger partial charge on any atom is -0.103 e. The maximum atomic E-state index is 3.32. The van der Waals surface area contributed by atoms with Crippen molar-refractivity contribution in [2.24, 2.45) is 5.92 Å². The van der Waals surface area contributed by atoms with Crippen molar-refractivity contribution in [3.63, 3.8) is 0 Å². The summed E-state index contributed by atoms with van der Waals surface area (Å²) >= 11 is 0. The molecule has 0 amide bonds. The van der Waals surface area contributed by atoms with Crippen LogP contribution in [0.15, 0.2) is 0 Å². The van der Waals surface area contributed by atoms with E-state index in [9.17, 15) is 0 Å². The molecule has 0 aromatic carbocycles. The largest absolute Gasteiger partial charge is 0.103 e. The molecule has 0 N–H and O–H groups in total. The van der Waals surface area contributed by atoms with Gasteiger partial charge in [0.25, 0.3) is 0 Å². The van der Waals surface area contributed by atoms with E-state index in [0.717, 1.165) is 12.3 Å². The second-order valence-corrected chi connectivity index (χ2v) is 3.01. The van der Waals surface area contributed by atoms with Gasteiger partial charge < -0.3 is 0 Å². The third kappa shape index (κ3) is 9.65. The van der Waals surface area contributed by atoms with E-state index in [1.54, 1.807) is 0 Å². The van der Waals surface area contributed by atoms with E-state index in [0.29, 0.717) is 0 Å². The van der Waals surface area contributed by atoms with E-state index in [1.165, 1.54) is 32.1 Å². The summed E-state index contributed by atoms with van der Waals surface area (Å²) in [6.45, 7) is 10.1. The fraction of sp³-hybridized carbons (Fsp3) is 0.857. The van der Waals surface area contributed by atoms with Crippen LogP contribution in [0, 0.1) is 17.8 Å². The third-order valence-electron chi connectivity index (χ3n) is 2.09. The van der Waals surface area contributed by atoms with Gasteiger partial charge in [-0.1, -0.05) is 59.8 Å². The van der Waals surface area contributed by atoms with Crippen LogP contribution in [-0.2, 0) is 0 Å². The second kappa shape index (κ2) is 15.1. The fourth-order valence-corrected chi connectivity index (χ4v) is 1.49. The van der Waals surface area contributed by atoms with Gasteiger partial charge in [0.1, 0.15) is 0 Å². The quantitative estimate of drug-likeness (QED) is 0.476. The smallest absolute Gasteiger partial charge is 0.0202 e. The Labute approximate surface area is 91.5 Å². The Morgan fingerprint density at radius 3 is 1.86 bits per heavy atom. The monoisotopic (exact) mass is 196 g/mol. The lowest BCUT2D eigenvalue weighted by molar-refractivity contribution is 0.430. The zero-order valence-corrected chi connectivity index (χ0v) is 10.8. The van der Waals surface area contributed by atoms with Crippen molar-refractivity contribution in [1.82, 2.24) is 0 Å². The van der Waals surface area contributed by atoms with E-state index in [4.69, 9.17) is 0 Å². The van der Waals surface area contributed by atoms with Crippen LogP contribution in [0.1, 0.15) is 73.1 Å². The van der Waals surface area contributed by atoms with E-state index in [2.05, 4.69) is 18.8 Å². The highest BCUT2D eigenvalue weighted by Gasteiger charge is 2.09. The summed E-state index contributed by atoms with van der Waals surface area (Å²) in [4.78, 5) is 0. The second-order valence-electron chi connectivity index (χ2n) is 3.01. The Hall–Kier alpha value is -0.440. The Morgan fingerprint density at radius 2 is 1.43 bits per heavy atom. The molecule has 0 aromatic heterocycles. The van der Waals surface area contributed by atoms with Gasteiger partial charge in [-0.25, -0.2) is 0 Å². The fourth-order valence-electron chi connectivity index (χ4n) is 1.49. The summed E-state index contributed by atoms with van der Waals surface area (Å²) in [6.07, 6.45) is 7.98. The minimum absolute atomic E-state index is 0.744. The average molecular weight is 196 g/mol. The first-order valence-corrected chi connectivity index (χ1v) is 6.42. The highest BCUT2D eigenvalue weighted by Crippen LogP contribution is 2.22. The van der Waals surface area contributed by atoms with Gasteiger partial charge in [0, 0.05) is 12.3 Å². The van der Waals surface area contributed by atoms with Crippen LogP contribution in [0.5, 0.6) is 0 Å². The maximum absolute atomic E-state index is 3.32. The van der Waals surface area contributed by atoms with Crippen LogP contribution in [0.4, 0.5) is 0 Å². The predicted molar refractivity (Wildman–Crippen MR) is 67.3 cm³/mol. The molecule has 1 rings (SSSR count). The summed E-state index contributed by atoms with van der Waals surface area (Å²) in [5.74, 6) is 7.23. The first kappa shape index (κ1) is 16.0. The Balaban J connectivity index is 0. The van der Waals surface area contributed by atoms with Gasteiger partial charge in [0.05, 0.1) is 0 Å². The van der Waals surface area contributed by atoms with E-state index < -0.39 is 0 Å². The molecular formula is C14H28. The van der Waals surface area contributed by atoms with Gasteiger partial charge in [-0.2, -0.15) is 0 Å². The Kier molecular flexibility index (Phi) is 17.2. The third-order valence-corrected chi connectivity index (χ3v) is 2.09. The molecule has 1 fully saturated rings. The van der Waals surface area contributed by atoms with Crippen molar-refractivity contribution in [2.45, 2.75) is 73.1 Å². The first-order valence-electron chi connectivity index (χ1n) is 6.42. The Morgan fingerprint density at radius 1 is 0.929 bits per heavy atom. The molecule has 84 valence electrons. The molecule has 0 saturated heterocycles. The average Bonchev–Trinajstić information content (AvgIpc) is 2.33. The zero-order valence-electron chi connectivity index (χ0n) is 10.8. The highest BCUT2D eigenvalue weighted by atomic mass is 14.1. The van der Waals surface area contributed by atoms with E-state index in [-0.39, 0.29) is 0 Å². The molecule has 0 aliphatic heterocycles. The van der Waals surface area contributed by atoms with Crippen molar-refractivity contribution in [3.8, 4) is 11.8 Å². The zero-order chi connectivity index (χ0) is 11.2. The van der Waals surface area contributed by atoms with Crippen molar-refractivity contribution >= 4 is 0 Å². The minimum atomic E-state index is 0.744. The van der Waals surface area contributed by atoms with Crippen LogP contribution in [0.3, 0.4) is 0 Å². The van der Waals surface area contributed by atoms with Crippen molar-refractivity contribution < 1.29 is 0 Å². The maximum Gasteiger partial charge on any atom is 0.0202 e. The molecule has 1 aliphatic carbocycles. The molecule has 14 heavy (non-hydrogen) atoms. The SMILES string of the molecule is CC.CC.CCC#CC1CCCCC1. The summed E-state index contributed by atoms with van der Waals surface area (Å²) < 4.78 is 0. The lowest BCUT2D eigenvalue weighted by Crippen LogP contribution is -2.02. The van der Waals surface area contributed by atoms with Gasteiger partial charge in [-0.3, -0.25) is 0 Å². The van der Waals surface area contributed by atoms with Gasteiger partial charge in [-0.15, -0.1) is 5.92 Å².